The van der Waals surface area contributed by atoms with Gasteiger partial charge in [0.05, 0.1) is 42.9 Å². The van der Waals surface area contributed by atoms with Crippen LogP contribution >= 0.6 is 0 Å². The van der Waals surface area contributed by atoms with Gasteiger partial charge in [-0.25, -0.2) is 43.6 Å². The molecule has 61 heavy (non-hydrogen) atoms. The van der Waals surface area contributed by atoms with Gasteiger partial charge in [0.25, 0.3) is 0 Å². The zero-order valence-electron chi connectivity index (χ0n) is 31.4. The summed E-state index contributed by atoms with van der Waals surface area (Å²) in [5, 5.41) is 0.169. The second kappa shape index (κ2) is 18.4. The standard InChI is InChI=1S/C32H16N8O12S4.4Na.Ru/c41-53(42,43)13-1-5-17-21(9-13)29-33-25(17)37-30-22-10-14(54(44,45)46)2-6-18(22)27(34-30)39-32-24-12-16(56(50,51)52)4-8-20(24)28(36-32)40-31-23-11-15(55(47,48)49)3-7-19(23)26(35-31)38-29;;;;;/h1-12H,(H4-2,33,34,35,36,37,38,39,40,41,42,43,44,45,46,47,48,49,50,51,52);;;;;/q-2;4*+1;+2/p-4. The molecule has 4 aromatic carbocycles. The number of fused-ring (bicyclic) bond motifs is 20. The zero-order chi connectivity index (χ0) is 39.7. The van der Waals surface area contributed by atoms with Gasteiger partial charge >= 0.3 is 138 Å². The Hall–Kier alpha value is -1.50. The van der Waals surface area contributed by atoms with Crippen molar-refractivity contribution >= 4 is 84.6 Å². The van der Waals surface area contributed by atoms with Crippen molar-refractivity contribution in [3.8, 4) is 45.6 Å². The number of hydrogen-bond donors (Lipinski definition) is 0. The fourth-order valence-corrected chi connectivity index (χ4v) is 8.19. The van der Waals surface area contributed by atoms with E-state index in [4.69, 9.17) is 0 Å². The van der Waals surface area contributed by atoms with Gasteiger partial charge in [-0.15, -0.1) is 0 Å². The van der Waals surface area contributed by atoms with E-state index in [-0.39, 0.29) is 227 Å². The van der Waals surface area contributed by atoms with Gasteiger partial charge in [-0.2, -0.15) is 0 Å². The van der Waals surface area contributed by atoms with Crippen LogP contribution in [-0.4, -0.2) is 81.8 Å². The Labute approximate surface area is 445 Å². The molecule has 0 saturated heterocycles. The normalized spacial score (nSPS) is 12.1. The van der Waals surface area contributed by atoms with Crippen molar-refractivity contribution in [3.05, 3.63) is 72.8 Å². The Morgan fingerprint density at radius 3 is 0.918 bits per heavy atom. The summed E-state index contributed by atoms with van der Waals surface area (Å²) < 4.78 is 145. The van der Waals surface area contributed by atoms with E-state index in [0.717, 1.165) is 48.5 Å². The Balaban J connectivity index is 0.00000164. The molecule has 3 aromatic heterocycles. The molecule has 0 unspecified atom stereocenters. The minimum absolute atomic E-state index is 0. The first-order chi connectivity index (χ1) is 26.2. The molecule has 0 aliphatic carbocycles. The molecular weight excluding hydrogens is 1010 g/mol. The average Bonchev–Trinajstić information content (AvgIpc) is 3.84. The van der Waals surface area contributed by atoms with Crippen LogP contribution in [0, 0.1) is 0 Å². The number of rotatable bonds is 4. The zero-order valence-corrected chi connectivity index (χ0v) is 44.4. The number of aromatic nitrogens is 8. The Kier molecular flexibility index (Phi) is 15.7. The molecule has 2 aliphatic heterocycles. The van der Waals surface area contributed by atoms with Crippen molar-refractivity contribution in [3.63, 3.8) is 0 Å². The van der Waals surface area contributed by atoms with E-state index in [9.17, 15) is 51.9 Å². The van der Waals surface area contributed by atoms with E-state index in [1.807, 2.05) is 0 Å². The van der Waals surface area contributed by atoms with Gasteiger partial charge in [-0.1, -0.05) is 24.3 Å². The molecule has 0 saturated carbocycles. The Bertz CT molecular complexity index is 3400. The minimum Gasteiger partial charge on any atom is -0.744 e. The first-order valence-corrected chi connectivity index (χ1v) is 21.0. The molecule has 29 heteroatoms. The van der Waals surface area contributed by atoms with E-state index in [0.29, 0.717) is 0 Å². The quantitative estimate of drug-likeness (QED) is 0.117. The maximum Gasteiger partial charge on any atom is 2.00 e. The summed E-state index contributed by atoms with van der Waals surface area (Å²) in [4.78, 5) is 33.2. The van der Waals surface area contributed by atoms with Gasteiger partial charge in [0.2, 0.25) is 0 Å². The number of hydrogen-bond acceptors (Lipinski definition) is 18. The van der Waals surface area contributed by atoms with E-state index in [1.165, 1.54) is 24.3 Å². The SMILES string of the molecule is O=S(=O)([O-])c1ccc2c(c1)-c1nc-2nc2[n-]c(nc3nc(nc4[n-]c(n1)c1ccc(S(=O)(=O)[O-])cc41)-c1ccc(S(=O)(=O)[O-])cc1-3)c1ccc(S(=O)(=O)[O-])cc21.[Na+].[Na+].[Na+].[Na+].[Ru+2]. The predicted octanol–water partition coefficient (Wildman–Crippen LogP) is -10.2. The average molecular weight is 1020 g/mol. The summed E-state index contributed by atoms with van der Waals surface area (Å²) in [6, 6.07) is 12.8. The first kappa shape index (κ1) is 52.1. The van der Waals surface area contributed by atoms with Crippen molar-refractivity contribution in [2.75, 3.05) is 0 Å². The molecule has 8 bridgehead atoms. The van der Waals surface area contributed by atoms with Crippen molar-refractivity contribution in [1.82, 2.24) is 39.9 Å². The molecule has 288 valence electrons. The second-order valence-electron chi connectivity index (χ2n) is 12.1. The molecule has 5 heterocycles. The van der Waals surface area contributed by atoms with E-state index < -0.39 is 60.1 Å². The maximum atomic E-state index is 12.0. The monoisotopic (exact) mass is 1020 g/mol. The summed E-state index contributed by atoms with van der Waals surface area (Å²) in [5.74, 6) is -0.882. The molecule has 0 atom stereocenters. The molecule has 0 N–H and O–H groups in total. The summed E-state index contributed by atoms with van der Waals surface area (Å²) in [6.45, 7) is 0. The number of nitrogens with zero attached hydrogens (tertiary/aromatic N) is 8. The van der Waals surface area contributed by atoms with Crippen LogP contribution in [0.25, 0.3) is 89.7 Å². The van der Waals surface area contributed by atoms with Gasteiger partial charge in [-0.3, -0.25) is 0 Å². The van der Waals surface area contributed by atoms with Crippen LogP contribution in [0.5, 0.6) is 0 Å². The van der Waals surface area contributed by atoms with Crippen molar-refractivity contribution < 1.29 is 190 Å². The predicted molar refractivity (Wildman–Crippen MR) is 186 cm³/mol. The molecular formula is C32H12N8Na4O12RuS4. The van der Waals surface area contributed by atoms with Crippen LogP contribution in [0.4, 0.5) is 0 Å². The second-order valence-corrected chi connectivity index (χ2v) is 17.6. The first-order valence-electron chi connectivity index (χ1n) is 15.3. The van der Waals surface area contributed by atoms with Crippen molar-refractivity contribution in [2.45, 2.75) is 19.6 Å². The van der Waals surface area contributed by atoms with Crippen LogP contribution in [-0.2, 0) is 60.0 Å². The summed E-state index contributed by atoms with van der Waals surface area (Å²) in [7, 11) is -20.1. The van der Waals surface area contributed by atoms with Gasteiger partial charge in [0.1, 0.15) is 40.5 Å². The van der Waals surface area contributed by atoms with Gasteiger partial charge in [0.15, 0.2) is 0 Å². The van der Waals surface area contributed by atoms with E-state index in [1.54, 1.807) is 0 Å². The van der Waals surface area contributed by atoms with E-state index >= 15 is 0 Å². The van der Waals surface area contributed by atoms with Gasteiger partial charge < -0.3 is 48.1 Å². The largest absolute Gasteiger partial charge is 2.00 e. The number of benzene rings is 4. The summed E-state index contributed by atoms with van der Waals surface area (Å²) >= 11 is 0. The van der Waals surface area contributed by atoms with Crippen LogP contribution in [0.2, 0.25) is 0 Å². The van der Waals surface area contributed by atoms with Gasteiger partial charge in [-0.05, 0) is 70.1 Å². The summed E-state index contributed by atoms with van der Waals surface area (Å²) in [6.07, 6.45) is 0. The van der Waals surface area contributed by atoms with Gasteiger partial charge in [0, 0.05) is 44.8 Å². The van der Waals surface area contributed by atoms with Crippen molar-refractivity contribution in [1.29, 1.82) is 0 Å². The molecule has 0 fully saturated rings. The van der Waals surface area contributed by atoms with Crippen LogP contribution < -0.4 is 128 Å². The molecule has 9 rings (SSSR count). The third-order valence-corrected chi connectivity index (χ3v) is 12.1. The van der Waals surface area contributed by atoms with E-state index in [2.05, 4.69) is 39.9 Å². The van der Waals surface area contributed by atoms with Crippen molar-refractivity contribution in [2.24, 2.45) is 0 Å². The maximum absolute atomic E-state index is 12.0. The fourth-order valence-electron chi connectivity index (χ4n) is 6.20. The third kappa shape index (κ3) is 9.74. The molecule has 20 nitrogen and oxygen atoms in total. The van der Waals surface area contributed by atoms with Crippen LogP contribution in [0.15, 0.2) is 92.4 Å². The molecule has 0 radical (unpaired) electrons. The smallest absolute Gasteiger partial charge is 0.744 e. The Morgan fingerprint density at radius 2 is 0.607 bits per heavy atom. The third-order valence-electron chi connectivity index (χ3n) is 8.74. The molecule has 7 aromatic rings. The summed E-state index contributed by atoms with van der Waals surface area (Å²) in [5.41, 5.74) is -0.712. The minimum atomic E-state index is -5.02. The Morgan fingerprint density at radius 1 is 0.344 bits per heavy atom. The van der Waals surface area contributed by atoms with Crippen LogP contribution in [0.1, 0.15) is 0 Å². The fraction of sp³-hybridized carbons (Fsp3) is 0. The van der Waals surface area contributed by atoms with Crippen LogP contribution in [0.3, 0.4) is 0 Å². The molecule has 0 spiro atoms. The topological polar surface area (TPSA) is 334 Å². The molecule has 2 aliphatic rings. The molecule has 0 amide bonds.